The van der Waals surface area contributed by atoms with E-state index in [4.69, 9.17) is 4.74 Å². The number of ether oxygens (including phenoxy) is 1. The van der Waals surface area contributed by atoms with Gasteiger partial charge < -0.3 is 10.1 Å². The summed E-state index contributed by atoms with van der Waals surface area (Å²) in [5, 5.41) is 2.57. The Morgan fingerprint density at radius 3 is 2.54 bits per heavy atom. The molecular formula is C20H17FN2O5. The average molecular weight is 384 g/mol. The third kappa shape index (κ3) is 3.62. The van der Waals surface area contributed by atoms with Crippen LogP contribution in [0.4, 0.5) is 10.1 Å². The van der Waals surface area contributed by atoms with E-state index in [0.717, 1.165) is 11.0 Å². The number of halogens is 1. The van der Waals surface area contributed by atoms with E-state index in [9.17, 15) is 23.6 Å². The van der Waals surface area contributed by atoms with E-state index >= 15 is 0 Å². The maximum Gasteiger partial charge on any atom is 0.340 e. The number of hydrogen-bond donors (Lipinski definition) is 1. The van der Waals surface area contributed by atoms with Gasteiger partial charge in [0.05, 0.1) is 29.0 Å². The molecule has 3 amide bonds. The van der Waals surface area contributed by atoms with E-state index < -0.39 is 29.5 Å². The third-order valence-corrected chi connectivity index (χ3v) is 4.21. The van der Waals surface area contributed by atoms with Gasteiger partial charge in [0.2, 0.25) is 5.91 Å². The second-order valence-corrected chi connectivity index (χ2v) is 5.99. The van der Waals surface area contributed by atoms with Gasteiger partial charge in [-0.05, 0) is 31.2 Å². The van der Waals surface area contributed by atoms with Crippen LogP contribution in [-0.4, -0.2) is 41.7 Å². The topological polar surface area (TPSA) is 92.8 Å². The summed E-state index contributed by atoms with van der Waals surface area (Å²) in [6, 6.07) is 10.2. The van der Waals surface area contributed by atoms with Crippen LogP contribution in [0.3, 0.4) is 0 Å². The van der Waals surface area contributed by atoms with Crippen LogP contribution in [0, 0.1) is 5.82 Å². The van der Waals surface area contributed by atoms with Crippen LogP contribution >= 0.6 is 0 Å². The van der Waals surface area contributed by atoms with Gasteiger partial charge in [-0.15, -0.1) is 0 Å². The standard InChI is InChI=1S/C20H17FN2O5/c1-2-28-20(27)12-6-3-4-9-15(12)22-16(24)10-11-23-18(25)13-7-5-8-14(21)17(13)19(23)26/h3-9H,2,10-11H2,1H3,(H,22,24). The van der Waals surface area contributed by atoms with Crippen molar-refractivity contribution in [1.29, 1.82) is 0 Å². The molecule has 0 aliphatic carbocycles. The zero-order valence-electron chi connectivity index (χ0n) is 15.0. The van der Waals surface area contributed by atoms with Gasteiger partial charge in [-0.1, -0.05) is 18.2 Å². The summed E-state index contributed by atoms with van der Waals surface area (Å²) in [6.45, 7) is 1.65. The fraction of sp³-hybridized carbons (Fsp3) is 0.200. The van der Waals surface area contributed by atoms with Gasteiger partial charge in [0.15, 0.2) is 0 Å². The highest BCUT2D eigenvalue weighted by Gasteiger charge is 2.37. The first kappa shape index (κ1) is 19.2. The number of amides is 3. The summed E-state index contributed by atoms with van der Waals surface area (Å²) in [5.74, 6) is -3.26. The number of nitrogens with zero attached hydrogens (tertiary/aromatic N) is 1. The van der Waals surface area contributed by atoms with Crippen LogP contribution in [-0.2, 0) is 9.53 Å². The summed E-state index contributed by atoms with van der Waals surface area (Å²) in [7, 11) is 0. The predicted molar refractivity (Wildman–Crippen MR) is 97.4 cm³/mol. The molecular weight excluding hydrogens is 367 g/mol. The molecule has 0 spiro atoms. The number of para-hydroxylation sites is 1. The minimum atomic E-state index is -0.772. The van der Waals surface area contributed by atoms with Crippen molar-refractivity contribution in [1.82, 2.24) is 4.90 Å². The minimum Gasteiger partial charge on any atom is -0.462 e. The summed E-state index contributed by atoms with van der Waals surface area (Å²) in [5.41, 5.74) is 0.165. The number of carbonyl (C=O) groups excluding carboxylic acids is 4. The number of imide groups is 1. The SMILES string of the molecule is CCOC(=O)c1ccccc1NC(=O)CCN1C(=O)c2cccc(F)c2C1=O. The molecule has 0 aromatic heterocycles. The van der Waals surface area contributed by atoms with Crippen LogP contribution in [0.25, 0.3) is 0 Å². The molecule has 144 valence electrons. The lowest BCUT2D eigenvalue weighted by atomic mass is 10.1. The van der Waals surface area contributed by atoms with Gasteiger partial charge in [0.1, 0.15) is 5.82 Å². The van der Waals surface area contributed by atoms with Crippen molar-refractivity contribution in [2.24, 2.45) is 0 Å². The number of fused-ring (bicyclic) bond motifs is 1. The Balaban J connectivity index is 1.67. The van der Waals surface area contributed by atoms with Gasteiger partial charge in [-0.25, -0.2) is 9.18 Å². The van der Waals surface area contributed by atoms with Gasteiger partial charge >= 0.3 is 5.97 Å². The van der Waals surface area contributed by atoms with Gasteiger partial charge in [0, 0.05) is 13.0 Å². The van der Waals surface area contributed by atoms with Crippen LogP contribution in [0.2, 0.25) is 0 Å². The Morgan fingerprint density at radius 1 is 1.07 bits per heavy atom. The van der Waals surface area contributed by atoms with Crippen LogP contribution in [0.5, 0.6) is 0 Å². The van der Waals surface area contributed by atoms with Crippen molar-refractivity contribution >= 4 is 29.4 Å². The largest absolute Gasteiger partial charge is 0.462 e. The summed E-state index contributed by atoms with van der Waals surface area (Å²) in [4.78, 5) is 49.6. The molecule has 0 saturated carbocycles. The van der Waals surface area contributed by atoms with Gasteiger partial charge in [-0.2, -0.15) is 0 Å². The predicted octanol–water partition coefficient (Wildman–Crippen LogP) is 2.63. The van der Waals surface area contributed by atoms with Crippen molar-refractivity contribution in [2.45, 2.75) is 13.3 Å². The van der Waals surface area contributed by atoms with Crippen LogP contribution < -0.4 is 5.32 Å². The number of rotatable bonds is 6. The number of hydrogen-bond acceptors (Lipinski definition) is 5. The first-order valence-electron chi connectivity index (χ1n) is 8.64. The Morgan fingerprint density at radius 2 is 1.82 bits per heavy atom. The average Bonchev–Trinajstić information content (AvgIpc) is 2.92. The molecule has 1 aliphatic heterocycles. The third-order valence-electron chi connectivity index (χ3n) is 4.21. The van der Waals surface area contributed by atoms with Crippen molar-refractivity contribution in [3.05, 3.63) is 65.0 Å². The van der Waals surface area contributed by atoms with E-state index in [1.807, 2.05) is 0 Å². The first-order chi connectivity index (χ1) is 13.4. The highest BCUT2D eigenvalue weighted by Crippen LogP contribution is 2.25. The molecule has 1 aliphatic rings. The van der Waals surface area contributed by atoms with Crippen molar-refractivity contribution in [3.8, 4) is 0 Å². The normalized spacial score (nSPS) is 12.7. The second-order valence-electron chi connectivity index (χ2n) is 5.99. The first-order valence-corrected chi connectivity index (χ1v) is 8.64. The fourth-order valence-electron chi connectivity index (χ4n) is 2.90. The Labute approximate surface area is 160 Å². The molecule has 7 nitrogen and oxygen atoms in total. The number of carbonyl (C=O) groups is 4. The molecule has 0 unspecified atom stereocenters. The smallest absolute Gasteiger partial charge is 0.340 e. The molecule has 1 N–H and O–H groups in total. The minimum absolute atomic E-state index is 0.0157. The lowest BCUT2D eigenvalue weighted by molar-refractivity contribution is -0.116. The highest BCUT2D eigenvalue weighted by molar-refractivity contribution is 6.21. The molecule has 0 bridgehead atoms. The monoisotopic (exact) mass is 384 g/mol. The zero-order valence-corrected chi connectivity index (χ0v) is 15.0. The van der Waals surface area contributed by atoms with Crippen molar-refractivity contribution in [3.63, 3.8) is 0 Å². The second kappa shape index (κ2) is 7.99. The lowest BCUT2D eigenvalue weighted by Crippen LogP contribution is -2.33. The molecule has 0 fully saturated rings. The van der Waals surface area contributed by atoms with E-state index in [1.54, 1.807) is 25.1 Å². The molecule has 2 aromatic rings. The fourth-order valence-corrected chi connectivity index (χ4v) is 2.90. The molecule has 3 rings (SSSR count). The summed E-state index contributed by atoms with van der Waals surface area (Å²) in [6.07, 6.45) is -0.204. The summed E-state index contributed by atoms with van der Waals surface area (Å²) < 4.78 is 18.8. The number of benzene rings is 2. The maximum atomic E-state index is 13.8. The van der Waals surface area contributed by atoms with Crippen molar-refractivity contribution < 1.29 is 28.3 Å². The Kier molecular flexibility index (Phi) is 5.49. The lowest BCUT2D eigenvalue weighted by Gasteiger charge is -2.14. The van der Waals surface area contributed by atoms with Gasteiger partial charge in [0.25, 0.3) is 11.8 Å². The molecule has 28 heavy (non-hydrogen) atoms. The molecule has 1 heterocycles. The molecule has 0 radical (unpaired) electrons. The number of esters is 1. The summed E-state index contributed by atoms with van der Waals surface area (Å²) >= 11 is 0. The Hall–Kier alpha value is -3.55. The quantitative estimate of drug-likeness (QED) is 0.611. The van der Waals surface area contributed by atoms with E-state index in [-0.39, 0.29) is 42.0 Å². The van der Waals surface area contributed by atoms with Crippen LogP contribution in [0.15, 0.2) is 42.5 Å². The molecule has 0 saturated heterocycles. The van der Waals surface area contributed by atoms with Gasteiger partial charge in [-0.3, -0.25) is 19.3 Å². The highest BCUT2D eigenvalue weighted by atomic mass is 19.1. The van der Waals surface area contributed by atoms with E-state index in [2.05, 4.69) is 5.32 Å². The maximum absolute atomic E-state index is 13.8. The Bertz CT molecular complexity index is 973. The molecule has 8 heteroatoms. The number of anilines is 1. The number of nitrogens with one attached hydrogen (secondary N) is 1. The zero-order chi connectivity index (χ0) is 20.3. The van der Waals surface area contributed by atoms with E-state index in [0.29, 0.717) is 0 Å². The van der Waals surface area contributed by atoms with Crippen molar-refractivity contribution in [2.75, 3.05) is 18.5 Å². The molecule has 2 aromatic carbocycles. The van der Waals surface area contributed by atoms with Crippen LogP contribution in [0.1, 0.15) is 44.4 Å². The molecule has 0 atom stereocenters. The van der Waals surface area contributed by atoms with E-state index in [1.165, 1.54) is 18.2 Å².